The molecule has 1 saturated heterocycles. The van der Waals surface area contributed by atoms with Crippen LogP contribution in [0.25, 0.3) is 0 Å². The van der Waals surface area contributed by atoms with Gasteiger partial charge >= 0.3 is 14.1 Å². The molecule has 0 radical (unpaired) electrons. The first-order chi connectivity index (χ1) is 2.73. The van der Waals surface area contributed by atoms with E-state index in [0.29, 0.717) is 0 Å². The molecule has 0 aromatic heterocycles. The van der Waals surface area contributed by atoms with Crippen LogP contribution in [0.15, 0.2) is 0 Å². The predicted octanol–water partition coefficient (Wildman–Crippen LogP) is -1.11. The third kappa shape index (κ3) is 0.486. The molecule has 3 heteroatoms. The molecule has 0 aromatic carbocycles. The summed E-state index contributed by atoms with van der Waals surface area (Å²) in [4.78, 5) is 0.148. The van der Waals surface area contributed by atoms with Crippen molar-refractivity contribution in [2.75, 3.05) is 0 Å². The molecule has 1 aliphatic heterocycles. The van der Waals surface area contributed by atoms with Gasteiger partial charge in [0.1, 0.15) is 0 Å². The molecule has 34 valence electrons. The minimum absolute atomic E-state index is 0.0648. The van der Waals surface area contributed by atoms with E-state index >= 15 is 0 Å². The first-order valence-corrected chi connectivity index (χ1v) is 4.66. The van der Waals surface area contributed by atoms with E-state index in [-0.39, 0.29) is 9.87 Å². The van der Waals surface area contributed by atoms with Gasteiger partial charge in [0.25, 0.3) is 0 Å². The average molecular weight is 101 g/mol. The zero-order valence-corrected chi connectivity index (χ0v) is 4.91. The number of hydrogen-bond donors (Lipinski definition) is 2. The molecule has 0 spiro atoms. The summed E-state index contributed by atoms with van der Waals surface area (Å²) in [6.07, 6.45) is 0. The first kappa shape index (κ1) is 4.61. The van der Waals surface area contributed by atoms with E-state index in [1.807, 2.05) is 0 Å². The molecule has 0 aliphatic carbocycles. The summed E-state index contributed by atoms with van der Waals surface area (Å²) in [5, 5.41) is 8.64. The van der Waals surface area contributed by atoms with Crippen LogP contribution in [0.1, 0.15) is 0 Å². The molecule has 0 saturated carbocycles. The summed E-state index contributed by atoms with van der Waals surface area (Å²) in [5.74, 6) is 2.08. The van der Waals surface area contributed by atoms with Gasteiger partial charge in [0.15, 0.2) is 0 Å². The average Bonchev–Trinajstić information content (AvgIpc) is 1.94. The van der Waals surface area contributed by atoms with E-state index in [1.54, 1.807) is 0 Å². The molecular formula is C3H8AlNO. The molecule has 2 nitrogen and oxygen atoms in total. The zero-order valence-electron chi connectivity index (χ0n) is 3.76. The highest BCUT2D eigenvalue weighted by Crippen LogP contribution is 2.15. The van der Waals surface area contributed by atoms with E-state index in [1.165, 1.54) is 0 Å². The molecule has 2 atom stereocenters. The third-order valence-corrected chi connectivity index (χ3v) is 4.03. The van der Waals surface area contributed by atoms with Gasteiger partial charge in [0.2, 0.25) is 0 Å². The van der Waals surface area contributed by atoms with Crippen LogP contribution in [0.3, 0.4) is 0 Å². The fraction of sp³-hybridized carbons (Fsp3) is 1.00. The lowest BCUT2D eigenvalue weighted by molar-refractivity contribution is 0.290. The molecule has 1 fully saturated rings. The Morgan fingerprint density at radius 1 is 1.83 bits per heavy atom. The van der Waals surface area contributed by atoms with Gasteiger partial charge in [-0.3, -0.25) is 0 Å². The molecular weight excluding hydrogens is 93.0 g/mol. The number of hydrogen-bond acceptors (Lipinski definition) is 2. The summed E-state index contributed by atoms with van der Waals surface area (Å²) in [7, 11) is 0. The molecule has 2 unspecified atom stereocenters. The second-order valence-electron chi connectivity index (χ2n) is 1.93. The summed E-state index contributed by atoms with van der Waals surface area (Å²) in [6, 6.07) is 0. The highest BCUT2D eigenvalue weighted by Gasteiger charge is 2.48. The molecule has 3 N–H and O–H groups in total. The van der Waals surface area contributed by atoms with Crippen LogP contribution in [0.2, 0.25) is 5.79 Å². The fourth-order valence-corrected chi connectivity index (χ4v) is 2.08. The fourth-order valence-electron chi connectivity index (χ4n) is 0.472. The van der Waals surface area contributed by atoms with Gasteiger partial charge in [-0.1, -0.05) is 0 Å². The van der Waals surface area contributed by atoms with E-state index in [9.17, 15) is 0 Å². The van der Waals surface area contributed by atoms with Gasteiger partial charge in [-0.15, -0.1) is 5.79 Å². The van der Waals surface area contributed by atoms with Crippen LogP contribution >= 0.6 is 0 Å². The lowest BCUT2D eigenvalue weighted by atomic mass is 10.8. The molecule has 6 heavy (non-hydrogen) atoms. The van der Waals surface area contributed by atoms with Crippen LogP contribution in [-0.4, -0.2) is 29.1 Å². The van der Waals surface area contributed by atoms with Crippen LogP contribution in [-0.2, 0) is 0 Å². The first-order valence-electron chi connectivity index (χ1n) is 2.17. The maximum absolute atomic E-state index is 8.64. The highest BCUT2D eigenvalue weighted by atomic mass is 27.2. The van der Waals surface area contributed by atoms with Crippen LogP contribution in [0.4, 0.5) is 0 Å². The monoisotopic (exact) mass is 101 g/mol. The predicted molar refractivity (Wildman–Crippen MR) is 25.6 cm³/mol. The second-order valence-corrected chi connectivity index (χ2v) is 5.10. The van der Waals surface area contributed by atoms with Crippen LogP contribution in [0, 0.1) is 0 Å². The molecule has 1 rings (SSSR count). The number of rotatable bonds is 0. The van der Waals surface area contributed by atoms with Crippen molar-refractivity contribution in [3.05, 3.63) is 0 Å². The van der Waals surface area contributed by atoms with Crippen LogP contribution in [0.5, 0.6) is 0 Å². The van der Waals surface area contributed by atoms with E-state index < -0.39 is 14.1 Å². The standard InChI is InChI=1S/C2H5NO.CH3.Al/c3-1-2-4;;/h1-2,4H,3H2;1H3;. The summed E-state index contributed by atoms with van der Waals surface area (Å²) in [5.41, 5.74) is 5.32. The van der Waals surface area contributed by atoms with Crippen molar-refractivity contribution < 1.29 is 5.11 Å². The minimum Gasteiger partial charge on any atom is -0.408 e. The van der Waals surface area contributed by atoms with Crippen molar-refractivity contribution in [1.29, 1.82) is 0 Å². The Morgan fingerprint density at radius 2 is 2.00 bits per heavy atom. The highest BCUT2D eigenvalue weighted by molar-refractivity contribution is 6.72. The van der Waals surface area contributed by atoms with Crippen LogP contribution < -0.4 is 5.73 Å². The summed E-state index contributed by atoms with van der Waals surface area (Å²) >= 11 is -0.744. The molecule has 1 aliphatic rings. The lowest BCUT2D eigenvalue weighted by Crippen LogP contribution is -2.06. The minimum atomic E-state index is -0.744. The Kier molecular flexibility index (Phi) is 0.929. The normalized spacial score (nSPS) is 43.5. The van der Waals surface area contributed by atoms with Crippen molar-refractivity contribution >= 4 is 14.1 Å². The van der Waals surface area contributed by atoms with Gasteiger partial charge in [0, 0.05) is 4.97 Å². The Hall–Kier alpha value is 0.452. The maximum Gasteiger partial charge on any atom is 0.326 e. The zero-order chi connectivity index (χ0) is 4.73. The van der Waals surface area contributed by atoms with Gasteiger partial charge in [-0.2, -0.15) is 0 Å². The van der Waals surface area contributed by atoms with E-state index in [0.717, 1.165) is 0 Å². The Labute approximate surface area is 41.3 Å². The van der Waals surface area contributed by atoms with Crippen molar-refractivity contribution in [2.45, 2.75) is 15.7 Å². The lowest BCUT2D eigenvalue weighted by Gasteiger charge is -1.74. The Balaban J connectivity index is 2.31. The van der Waals surface area contributed by atoms with Gasteiger partial charge < -0.3 is 10.8 Å². The van der Waals surface area contributed by atoms with Crippen molar-refractivity contribution in [3.8, 4) is 0 Å². The maximum atomic E-state index is 8.64. The Morgan fingerprint density at radius 3 is 2.00 bits per heavy atom. The summed E-state index contributed by atoms with van der Waals surface area (Å²) in [6.45, 7) is 0. The largest absolute Gasteiger partial charge is 0.408 e. The smallest absolute Gasteiger partial charge is 0.326 e. The third-order valence-electron chi connectivity index (χ3n) is 1.40. The van der Waals surface area contributed by atoms with Crippen molar-refractivity contribution in [3.63, 3.8) is 0 Å². The molecule has 0 amide bonds. The number of aliphatic hydroxyl groups excluding tert-OH is 1. The topological polar surface area (TPSA) is 46.2 Å². The van der Waals surface area contributed by atoms with Crippen molar-refractivity contribution in [1.82, 2.24) is 0 Å². The number of aliphatic hydroxyl groups is 1. The molecule has 1 heterocycles. The van der Waals surface area contributed by atoms with Crippen molar-refractivity contribution in [2.24, 2.45) is 5.73 Å². The molecule has 0 aromatic rings. The second kappa shape index (κ2) is 1.21. The quantitative estimate of drug-likeness (QED) is 0.380. The Bertz CT molecular complexity index is 47.5. The van der Waals surface area contributed by atoms with E-state index in [2.05, 4.69) is 5.79 Å². The summed E-state index contributed by atoms with van der Waals surface area (Å²) < 4.78 is 0. The van der Waals surface area contributed by atoms with Gasteiger partial charge in [-0.05, 0) is 4.90 Å². The molecule has 0 bridgehead atoms. The van der Waals surface area contributed by atoms with Gasteiger partial charge in [-0.25, -0.2) is 0 Å². The SMILES string of the molecule is [CH3][Al]1[CH](N)[CH]1O. The van der Waals surface area contributed by atoms with Gasteiger partial charge in [0.05, 0.1) is 0 Å². The van der Waals surface area contributed by atoms with E-state index in [4.69, 9.17) is 10.8 Å². The number of nitrogens with two attached hydrogens (primary N) is 1.